The van der Waals surface area contributed by atoms with Crippen LogP contribution in [0.5, 0.6) is 0 Å². The Morgan fingerprint density at radius 2 is 1.93 bits per heavy atom. The molecule has 0 saturated heterocycles. The summed E-state index contributed by atoms with van der Waals surface area (Å²) in [6.07, 6.45) is 5.62. The van der Waals surface area contributed by atoms with E-state index >= 15 is 0 Å². The molecule has 0 fully saturated rings. The number of methoxy groups -OCH3 is 1. The van der Waals surface area contributed by atoms with E-state index in [1.54, 1.807) is 6.92 Å². The smallest absolute Gasteiger partial charge is 0.330 e. The Bertz CT molecular complexity index is 252. The van der Waals surface area contributed by atoms with Gasteiger partial charge < -0.3 is 9.53 Å². The Morgan fingerprint density at radius 1 is 1.33 bits per heavy atom. The maximum absolute atomic E-state index is 10.9. The van der Waals surface area contributed by atoms with E-state index in [-0.39, 0.29) is 17.2 Å². The van der Waals surface area contributed by atoms with E-state index in [1.807, 2.05) is 19.9 Å². The SMILES string of the molecule is COC(=O)/C=C/C(C)(C)CCCC(C)=O. The highest BCUT2D eigenvalue weighted by Crippen LogP contribution is 2.24. The summed E-state index contributed by atoms with van der Waals surface area (Å²) in [4.78, 5) is 21.6. The predicted molar refractivity (Wildman–Crippen MR) is 59.5 cm³/mol. The monoisotopic (exact) mass is 212 g/mol. The van der Waals surface area contributed by atoms with Crippen molar-refractivity contribution in [2.75, 3.05) is 7.11 Å². The Labute approximate surface area is 91.5 Å². The van der Waals surface area contributed by atoms with Gasteiger partial charge in [0.1, 0.15) is 5.78 Å². The number of hydrogen-bond acceptors (Lipinski definition) is 3. The van der Waals surface area contributed by atoms with Gasteiger partial charge >= 0.3 is 5.97 Å². The molecule has 0 aliphatic heterocycles. The van der Waals surface area contributed by atoms with Gasteiger partial charge in [0.2, 0.25) is 0 Å². The van der Waals surface area contributed by atoms with E-state index < -0.39 is 0 Å². The summed E-state index contributed by atoms with van der Waals surface area (Å²) >= 11 is 0. The average molecular weight is 212 g/mol. The molecule has 0 aromatic rings. The van der Waals surface area contributed by atoms with Crippen molar-refractivity contribution in [2.24, 2.45) is 5.41 Å². The van der Waals surface area contributed by atoms with E-state index in [9.17, 15) is 9.59 Å². The lowest BCUT2D eigenvalue weighted by Crippen LogP contribution is -2.09. The number of ether oxygens (including phenoxy) is 1. The first-order valence-corrected chi connectivity index (χ1v) is 5.14. The van der Waals surface area contributed by atoms with Crippen molar-refractivity contribution in [1.29, 1.82) is 0 Å². The van der Waals surface area contributed by atoms with E-state index in [1.165, 1.54) is 13.2 Å². The molecule has 0 atom stereocenters. The molecule has 0 aromatic carbocycles. The Morgan fingerprint density at radius 3 is 2.40 bits per heavy atom. The molecular formula is C12H20O3. The van der Waals surface area contributed by atoms with Crippen LogP contribution in [0.4, 0.5) is 0 Å². The van der Waals surface area contributed by atoms with Crippen molar-refractivity contribution in [2.45, 2.75) is 40.0 Å². The first kappa shape index (κ1) is 13.9. The first-order chi connectivity index (χ1) is 6.87. The third-order valence-electron chi connectivity index (χ3n) is 2.22. The number of carbonyl (C=O) groups is 2. The van der Waals surface area contributed by atoms with Crippen LogP contribution in [0.15, 0.2) is 12.2 Å². The van der Waals surface area contributed by atoms with Gasteiger partial charge in [-0.1, -0.05) is 19.9 Å². The lowest BCUT2D eigenvalue weighted by molar-refractivity contribution is -0.134. The Hall–Kier alpha value is -1.12. The molecule has 3 heteroatoms. The minimum atomic E-state index is -0.338. The molecule has 0 heterocycles. The molecular weight excluding hydrogens is 192 g/mol. The lowest BCUT2D eigenvalue weighted by Gasteiger charge is -2.19. The number of carbonyl (C=O) groups excluding carboxylic acids is 2. The highest BCUT2D eigenvalue weighted by Gasteiger charge is 2.14. The van der Waals surface area contributed by atoms with Crippen LogP contribution in [0.3, 0.4) is 0 Å². The zero-order valence-corrected chi connectivity index (χ0v) is 10.0. The molecule has 3 nitrogen and oxygen atoms in total. The Balaban J connectivity index is 4.01. The van der Waals surface area contributed by atoms with Crippen LogP contribution in [0.25, 0.3) is 0 Å². The molecule has 0 amide bonds. The quantitative estimate of drug-likeness (QED) is 0.502. The number of ketones is 1. The van der Waals surface area contributed by atoms with Crippen LogP contribution in [0.2, 0.25) is 0 Å². The van der Waals surface area contributed by atoms with Gasteiger partial charge in [0.25, 0.3) is 0 Å². The van der Waals surface area contributed by atoms with Crippen molar-refractivity contribution in [3.05, 3.63) is 12.2 Å². The third kappa shape index (κ3) is 7.91. The second-order valence-corrected chi connectivity index (χ2v) is 4.40. The van der Waals surface area contributed by atoms with Crippen molar-refractivity contribution >= 4 is 11.8 Å². The average Bonchev–Trinajstić information content (AvgIpc) is 2.13. The second-order valence-electron chi connectivity index (χ2n) is 4.40. The molecule has 0 spiro atoms. The highest BCUT2D eigenvalue weighted by molar-refractivity contribution is 5.81. The molecule has 15 heavy (non-hydrogen) atoms. The number of allylic oxidation sites excluding steroid dienone is 1. The van der Waals surface area contributed by atoms with Crippen molar-refractivity contribution in [3.63, 3.8) is 0 Å². The van der Waals surface area contributed by atoms with Crippen molar-refractivity contribution in [1.82, 2.24) is 0 Å². The highest BCUT2D eigenvalue weighted by atomic mass is 16.5. The first-order valence-electron chi connectivity index (χ1n) is 5.14. The van der Waals surface area contributed by atoms with Gasteiger partial charge in [0, 0.05) is 12.5 Å². The zero-order chi connectivity index (χ0) is 11.9. The summed E-state index contributed by atoms with van der Waals surface area (Å²) in [6.45, 7) is 5.66. The van der Waals surface area contributed by atoms with Crippen molar-refractivity contribution < 1.29 is 14.3 Å². The molecule has 0 unspecified atom stereocenters. The van der Waals surface area contributed by atoms with Crippen LogP contribution in [0.1, 0.15) is 40.0 Å². The van der Waals surface area contributed by atoms with Crippen LogP contribution < -0.4 is 0 Å². The Kier molecular flexibility index (Phi) is 5.90. The van der Waals surface area contributed by atoms with E-state index in [0.717, 1.165) is 12.8 Å². The van der Waals surface area contributed by atoms with Gasteiger partial charge in [-0.25, -0.2) is 4.79 Å². The number of hydrogen-bond donors (Lipinski definition) is 0. The molecule has 0 N–H and O–H groups in total. The summed E-state index contributed by atoms with van der Waals surface area (Å²) in [7, 11) is 1.36. The fraction of sp³-hybridized carbons (Fsp3) is 0.667. The summed E-state index contributed by atoms with van der Waals surface area (Å²) in [5.41, 5.74) is -0.0658. The topological polar surface area (TPSA) is 43.4 Å². The molecule has 0 aromatic heterocycles. The van der Waals surface area contributed by atoms with Gasteiger partial charge in [-0.3, -0.25) is 0 Å². The maximum atomic E-state index is 10.9. The standard InChI is InChI=1S/C12H20O3/c1-10(13)6-5-8-12(2,3)9-7-11(14)15-4/h7,9H,5-6,8H2,1-4H3/b9-7+. The fourth-order valence-electron chi connectivity index (χ4n) is 1.24. The van der Waals surface area contributed by atoms with Crippen molar-refractivity contribution in [3.8, 4) is 0 Å². The van der Waals surface area contributed by atoms with E-state index in [0.29, 0.717) is 6.42 Å². The van der Waals surface area contributed by atoms with Crippen LogP contribution in [0, 0.1) is 5.41 Å². The molecule has 0 saturated carbocycles. The van der Waals surface area contributed by atoms with Crippen LogP contribution >= 0.6 is 0 Å². The van der Waals surface area contributed by atoms with Crippen LogP contribution in [-0.2, 0) is 14.3 Å². The van der Waals surface area contributed by atoms with E-state index in [4.69, 9.17) is 0 Å². The summed E-state index contributed by atoms with van der Waals surface area (Å²) in [5.74, 6) is -0.127. The largest absolute Gasteiger partial charge is 0.466 e. The third-order valence-corrected chi connectivity index (χ3v) is 2.22. The molecule has 0 radical (unpaired) electrons. The zero-order valence-electron chi connectivity index (χ0n) is 10.0. The second kappa shape index (κ2) is 6.38. The van der Waals surface area contributed by atoms with Crippen LogP contribution in [-0.4, -0.2) is 18.9 Å². The van der Waals surface area contributed by atoms with Gasteiger partial charge in [-0.15, -0.1) is 0 Å². The molecule has 0 rings (SSSR count). The molecule has 86 valence electrons. The predicted octanol–water partition coefficient (Wildman–Crippen LogP) is 2.50. The number of Topliss-reactive ketones (excluding diaryl/α,β-unsaturated/α-hetero) is 1. The molecule has 0 aliphatic carbocycles. The fourth-order valence-corrected chi connectivity index (χ4v) is 1.24. The lowest BCUT2D eigenvalue weighted by atomic mass is 9.86. The van der Waals surface area contributed by atoms with Gasteiger partial charge in [0.05, 0.1) is 7.11 Å². The van der Waals surface area contributed by atoms with Gasteiger partial charge in [-0.05, 0) is 25.2 Å². The minimum absolute atomic E-state index is 0.0658. The van der Waals surface area contributed by atoms with Gasteiger partial charge in [-0.2, -0.15) is 0 Å². The summed E-state index contributed by atoms with van der Waals surface area (Å²) in [5, 5.41) is 0. The maximum Gasteiger partial charge on any atom is 0.330 e. The minimum Gasteiger partial charge on any atom is -0.466 e. The number of rotatable bonds is 6. The number of esters is 1. The molecule has 0 aliphatic rings. The summed E-state index contributed by atoms with van der Waals surface area (Å²) < 4.78 is 4.51. The van der Waals surface area contributed by atoms with E-state index in [2.05, 4.69) is 4.74 Å². The molecule has 0 bridgehead atoms. The normalized spacial score (nSPS) is 11.7. The summed E-state index contributed by atoms with van der Waals surface area (Å²) in [6, 6.07) is 0. The van der Waals surface area contributed by atoms with Gasteiger partial charge in [0.15, 0.2) is 0 Å².